The average Bonchev–Trinajstić information content (AvgIpc) is 3.34. The third-order valence-corrected chi connectivity index (χ3v) is 5.64. The summed E-state index contributed by atoms with van der Waals surface area (Å²) in [6.45, 7) is 8.31. The van der Waals surface area contributed by atoms with Crippen LogP contribution in [0.5, 0.6) is 0 Å². The van der Waals surface area contributed by atoms with E-state index in [1.165, 1.54) is 0 Å². The van der Waals surface area contributed by atoms with E-state index in [1.54, 1.807) is 11.8 Å². The number of aromatic nitrogens is 5. The van der Waals surface area contributed by atoms with Crippen molar-refractivity contribution in [1.82, 2.24) is 24.9 Å². The highest BCUT2D eigenvalue weighted by Gasteiger charge is 2.22. The van der Waals surface area contributed by atoms with Gasteiger partial charge in [-0.15, -0.1) is 10.2 Å². The molecule has 2 aromatic heterocycles. The van der Waals surface area contributed by atoms with Crippen LogP contribution >= 0.6 is 23.4 Å². The lowest BCUT2D eigenvalue weighted by Crippen LogP contribution is -2.38. The number of anilines is 1. The van der Waals surface area contributed by atoms with Gasteiger partial charge in [0.1, 0.15) is 0 Å². The maximum Gasteiger partial charge on any atom is 0.237 e. The minimum Gasteiger partial charge on any atom is -0.378 e. The van der Waals surface area contributed by atoms with Gasteiger partial charge in [-0.1, -0.05) is 42.4 Å². The van der Waals surface area contributed by atoms with E-state index in [2.05, 4.69) is 43.7 Å². The van der Waals surface area contributed by atoms with Gasteiger partial charge in [-0.05, 0) is 30.2 Å². The van der Waals surface area contributed by atoms with Crippen LogP contribution in [0.25, 0.3) is 11.4 Å². The standard InChI is InChI=1S/C19H23ClN6O2S/c1-13(2)11-26-18(25-7-9-27-10-8-25)22-23-19(26)29-12-16-21-17(24-28-16)14-3-5-15(20)6-4-14/h3-6,13H,7-12H2,1-2H3. The predicted octanol–water partition coefficient (Wildman–Crippen LogP) is 3.77. The Hall–Kier alpha value is -2.10. The van der Waals surface area contributed by atoms with Gasteiger partial charge < -0.3 is 14.2 Å². The molecule has 29 heavy (non-hydrogen) atoms. The van der Waals surface area contributed by atoms with Gasteiger partial charge in [0.15, 0.2) is 5.16 Å². The maximum atomic E-state index is 5.94. The first-order chi connectivity index (χ1) is 14.1. The van der Waals surface area contributed by atoms with E-state index in [0.29, 0.717) is 41.6 Å². The number of halogens is 1. The van der Waals surface area contributed by atoms with E-state index in [0.717, 1.165) is 36.3 Å². The SMILES string of the molecule is CC(C)Cn1c(SCc2nc(-c3ccc(Cl)cc3)no2)nnc1N1CCOCC1. The van der Waals surface area contributed by atoms with Crippen molar-refractivity contribution in [3.05, 3.63) is 35.2 Å². The number of rotatable bonds is 7. The molecule has 0 atom stereocenters. The van der Waals surface area contributed by atoms with Crippen molar-refractivity contribution in [3.8, 4) is 11.4 Å². The molecule has 3 heterocycles. The fraction of sp³-hybridized carbons (Fsp3) is 0.474. The van der Waals surface area contributed by atoms with Crippen LogP contribution in [0.1, 0.15) is 19.7 Å². The van der Waals surface area contributed by atoms with Gasteiger partial charge in [-0.25, -0.2) is 0 Å². The number of morpholine rings is 1. The molecule has 0 saturated carbocycles. The molecule has 8 nitrogen and oxygen atoms in total. The second kappa shape index (κ2) is 9.15. The summed E-state index contributed by atoms with van der Waals surface area (Å²) in [5.41, 5.74) is 0.868. The summed E-state index contributed by atoms with van der Waals surface area (Å²) < 4.78 is 13.1. The van der Waals surface area contributed by atoms with Crippen LogP contribution in [-0.2, 0) is 17.0 Å². The number of hydrogen-bond donors (Lipinski definition) is 0. The van der Waals surface area contributed by atoms with E-state index in [-0.39, 0.29) is 0 Å². The molecule has 0 radical (unpaired) electrons. The first-order valence-corrected chi connectivity index (χ1v) is 10.9. The number of hydrogen-bond acceptors (Lipinski definition) is 8. The zero-order valence-electron chi connectivity index (χ0n) is 16.4. The minimum absolute atomic E-state index is 0.477. The lowest BCUT2D eigenvalue weighted by Gasteiger charge is -2.28. The quantitative estimate of drug-likeness (QED) is 0.520. The van der Waals surface area contributed by atoms with Crippen molar-refractivity contribution in [2.75, 3.05) is 31.2 Å². The molecule has 0 bridgehead atoms. The smallest absolute Gasteiger partial charge is 0.237 e. The van der Waals surface area contributed by atoms with Gasteiger partial charge in [0.2, 0.25) is 17.7 Å². The minimum atomic E-state index is 0.477. The zero-order chi connectivity index (χ0) is 20.2. The van der Waals surface area contributed by atoms with E-state index >= 15 is 0 Å². The molecule has 0 spiro atoms. The van der Waals surface area contributed by atoms with Gasteiger partial charge in [-0.3, -0.25) is 4.57 Å². The maximum absolute atomic E-state index is 5.94. The van der Waals surface area contributed by atoms with Crippen LogP contribution in [0, 0.1) is 5.92 Å². The fourth-order valence-corrected chi connectivity index (χ4v) is 3.97. The first kappa shape index (κ1) is 20.2. The third kappa shape index (κ3) is 4.91. The summed E-state index contributed by atoms with van der Waals surface area (Å²) in [7, 11) is 0. The van der Waals surface area contributed by atoms with Gasteiger partial charge >= 0.3 is 0 Å². The van der Waals surface area contributed by atoms with Crippen LogP contribution in [-0.4, -0.2) is 51.2 Å². The zero-order valence-corrected chi connectivity index (χ0v) is 18.0. The van der Waals surface area contributed by atoms with Crippen molar-refractivity contribution < 1.29 is 9.26 Å². The highest BCUT2D eigenvalue weighted by atomic mass is 35.5. The molecule has 1 saturated heterocycles. The second-order valence-corrected chi connectivity index (χ2v) is 8.57. The van der Waals surface area contributed by atoms with Gasteiger partial charge in [0.25, 0.3) is 0 Å². The Bertz CT molecular complexity index is 937. The average molecular weight is 435 g/mol. The molecule has 10 heteroatoms. The van der Waals surface area contributed by atoms with Crippen molar-refractivity contribution >= 4 is 29.3 Å². The normalized spacial score (nSPS) is 14.7. The molecule has 1 fully saturated rings. The van der Waals surface area contributed by atoms with Crippen molar-refractivity contribution in [2.45, 2.75) is 31.3 Å². The lowest BCUT2D eigenvalue weighted by atomic mass is 10.2. The highest BCUT2D eigenvalue weighted by Crippen LogP contribution is 2.27. The first-order valence-electron chi connectivity index (χ1n) is 9.57. The largest absolute Gasteiger partial charge is 0.378 e. The number of ether oxygens (including phenoxy) is 1. The molecule has 3 aromatic rings. The molecule has 1 aliphatic heterocycles. The summed E-state index contributed by atoms with van der Waals surface area (Å²) in [6.07, 6.45) is 0. The monoisotopic (exact) mass is 434 g/mol. The van der Waals surface area contributed by atoms with Crippen LogP contribution in [0.2, 0.25) is 5.02 Å². The van der Waals surface area contributed by atoms with Crippen LogP contribution in [0.4, 0.5) is 5.95 Å². The van der Waals surface area contributed by atoms with Gasteiger partial charge in [0, 0.05) is 30.2 Å². The highest BCUT2D eigenvalue weighted by molar-refractivity contribution is 7.98. The molecule has 1 aromatic carbocycles. The van der Waals surface area contributed by atoms with E-state index in [1.807, 2.05) is 24.3 Å². The Morgan fingerprint density at radius 3 is 2.62 bits per heavy atom. The van der Waals surface area contributed by atoms with Gasteiger partial charge in [-0.2, -0.15) is 4.98 Å². The van der Waals surface area contributed by atoms with E-state index in [9.17, 15) is 0 Å². The molecule has 0 amide bonds. The third-order valence-electron chi connectivity index (χ3n) is 4.43. The Labute approximate surface area is 178 Å². The Morgan fingerprint density at radius 2 is 1.90 bits per heavy atom. The Morgan fingerprint density at radius 1 is 1.14 bits per heavy atom. The van der Waals surface area contributed by atoms with Crippen molar-refractivity contribution in [1.29, 1.82) is 0 Å². The topological polar surface area (TPSA) is 82.1 Å². The van der Waals surface area contributed by atoms with Crippen LogP contribution in [0.3, 0.4) is 0 Å². The summed E-state index contributed by atoms with van der Waals surface area (Å²) in [4.78, 5) is 6.72. The van der Waals surface area contributed by atoms with Crippen molar-refractivity contribution in [2.24, 2.45) is 5.92 Å². The number of benzene rings is 1. The van der Waals surface area contributed by atoms with Gasteiger partial charge in [0.05, 0.1) is 19.0 Å². The Balaban J connectivity index is 1.48. The van der Waals surface area contributed by atoms with Crippen molar-refractivity contribution in [3.63, 3.8) is 0 Å². The molecule has 0 unspecified atom stereocenters. The molecule has 1 aliphatic rings. The summed E-state index contributed by atoms with van der Waals surface area (Å²) in [5, 5.41) is 14.5. The fourth-order valence-electron chi connectivity index (χ4n) is 3.07. The predicted molar refractivity (Wildman–Crippen MR) is 112 cm³/mol. The van der Waals surface area contributed by atoms with E-state index < -0.39 is 0 Å². The lowest BCUT2D eigenvalue weighted by molar-refractivity contribution is 0.121. The molecule has 154 valence electrons. The molecule has 0 aliphatic carbocycles. The van der Waals surface area contributed by atoms with Crippen LogP contribution < -0.4 is 4.90 Å². The molecule has 4 rings (SSSR count). The number of thioether (sulfide) groups is 1. The van der Waals surface area contributed by atoms with Crippen LogP contribution in [0.15, 0.2) is 33.9 Å². The van der Waals surface area contributed by atoms with E-state index in [4.69, 9.17) is 20.9 Å². The summed E-state index contributed by atoms with van der Waals surface area (Å²) >= 11 is 7.49. The molecular formula is C19H23ClN6O2S. The molecular weight excluding hydrogens is 412 g/mol. The Kier molecular flexibility index (Phi) is 6.37. The molecule has 0 N–H and O–H groups in total. The second-order valence-electron chi connectivity index (χ2n) is 7.19. The summed E-state index contributed by atoms with van der Waals surface area (Å²) in [6, 6.07) is 7.36. The number of nitrogens with zero attached hydrogens (tertiary/aromatic N) is 6. The summed E-state index contributed by atoms with van der Waals surface area (Å²) in [5.74, 6) is 3.00.